The van der Waals surface area contributed by atoms with Crippen molar-refractivity contribution in [2.24, 2.45) is 0 Å². The first-order valence-electron chi connectivity index (χ1n) is 10.7. The van der Waals surface area contributed by atoms with Gasteiger partial charge in [0.05, 0.1) is 24.9 Å². The van der Waals surface area contributed by atoms with E-state index in [1.54, 1.807) is 30.1 Å². The number of hydrogen-bond acceptors (Lipinski definition) is 6. The zero-order chi connectivity index (χ0) is 24.2. The number of aromatic nitrogens is 1. The number of rotatable bonds is 8. The number of nitrogens with zero attached hydrogens (tertiary/aromatic N) is 2. The van der Waals surface area contributed by atoms with Crippen LogP contribution in [0.1, 0.15) is 33.1 Å². The fourth-order valence-electron chi connectivity index (χ4n) is 3.54. The number of carbonyl (C=O) groups excluding carboxylic acids is 1. The molecule has 2 heterocycles. The summed E-state index contributed by atoms with van der Waals surface area (Å²) in [6, 6.07) is 16.2. The van der Waals surface area contributed by atoms with Crippen LogP contribution in [0.3, 0.4) is 0 Å². The van der Waals surface area contributed by atoms with Crippen molar-refractivity contribution in [2.75, 3.05) is 14.2 Å². The van der Waals surface area contributed by atoms with Crippen LogP contribution in [0.5, 0.6) is 11.5 Å². The Morgan fingerprint density at radius 1 is 1.06 bits per heavy atom. The maximum absolute atomic E-state index is 13.0. The summed E-state index contributed by atoms with van der Waals surface area (Å²) in [5, 5.41) is 4.60. The molecule has 0 aliphatic rings. The average Bonchev–Trinajstić information content (AvgIpc) is 3.43. The Bertz CT molecular complexity index is 1270. The Kier molecular flexibility index (Phi) is 6.93. The number of aryl methyl sites for hydroxylation is 2. The normalized spacial score (nSPS) is 10.9. The molecule has 7 nitrogen and oxygen atoms in total. The SMILES string of the molecule is COc1cc(C(=O)N(C)Cc2ccc(-c3ccc(Cl)cc3)o2)ccc1OCc1c(C)noc1C. The molecule has 0 atom stereocenters. The zero-order valence-electron chi connectivity index (χ0n) is 19.4. The Hall–Kier alpha value is -3.71. The number of benzene rings is 2. The molecular formula is C26H25ClN2O5. The first kappa shape index (κ1) is 23.4. The van der Waals surface area contributed by atoms with E-state index < -0.39 is 0 Å². The van der Waals surface area contributed by atoms with Crippen molar-refractivity contribution in [1.82, 2.24) is 10.1 Å². The minimum atomic E-state index is -0.167. The smallest absolute Gasteiger partial charge is 0.254 e. The van der Waals surface area contributed by atoms with Gasteiger partial charge in [0.2, 0.25) is 0 Å². The molecule has 0 radical (unpaired) electrons. The number of methoxy groups -OCH3 is 1. The van der Waals surface area contributed by atoms with E-state index in [1.807, 2.05) is 50.2 Å². The van der Waals surface area contributed by atoms with E-state index >= 15 is 0 Å². The van der Waals surface area contributed by atoms with Crippen LogP contribution in [0.4, 0.5) is 0 Å². The number of halogens is 1. The molecule has 0 unspecified atom stereocenters. The van der Waals surface area contributed by atoms with Crippen molar-refractivity contribution in [3.8, 4) is 22.8 Å². The number of hydrogen-bond donors (Lipinski definition) is 0. The molecule has 34 heavy (non-hydrogen) atoms. The second-order valence-electron chi connectivity index (χ2n) is 7.89. The maximum Gasteiger partial charge on any atom is 0.254 e. The molecule has 0 saturated carbocycles. The fraction of sp³-hybridized carbons (Fsp3) is 0.231. The lowest BCUT2D eigenvalue weighted by Crippen LogP contribution is -2.26. The molecule has 4 aromatic rings. The van der Waals surface area contributed by atoms with Crippen molar-refractivity contribution in [2.45, 2.75) is 27.0 Å². The average molecular weight is 481 g/mol. The Balaban J connectivity index is 1.43. The van der Waals surface area contributed by atoms with Gasteiger partial charge in [0.1, 0.15) is 23.9 Å². The second-order valence-corrected chi connectivity index (χ2v) is 8.33. The van der Waals surface area contributed by atoms with Gasteiger partial charge in [-0.3, -0.25) is 4.79 Å². The van der Waals surface area contributed by atoms with E-state index in [9.17, 15) is 4.79 Å². The van der Waals surface area contributed by atoms with Crippen LogP contribution < -0.4 is 9.47 Å². The van der Waals surface area contributed by atoms with Gasteiger partial charge in [-0.1, -0.05) is 16.8 Å². The first-order valence-corrected chi connectivity index (χ1v) is 11.1. The minimum absolute atomic E-state index is 0.167. The third-order valence-corrected chi connectivity index (χ3v) is 5.75. The Morgan fingerprint density at radius 3 is 2.50 bits per heavy atom. The quantitative estimate of drug-likeness (QED) is 0.305. The summed E-state index contributed by atoms with van der Waals surface area (Å²) >= 11 is 5.95. The van der Waals surface area contributed by atoms with Gasteiger partial charge in [0.25, 0.3) is 5.91 Å². The number of amides is 1. The summed E-state index contributed by atoms with van der Waals surface area (Å²) in [5.74, 6) is 2.93. The molecule has 2 aromatic carbocycles. The molecule has 0 aliphatic heterocycles. The molecule has 2 aromatic heterocycles. The van der Waals surface area contributed by atoms with Gasteiger partial charge in [0, 0.05) is 23.2 Å². The van der Waals surface area contributed by atoms with Gasteiger partial charge in [-0.25, -0.2) is 0 Å². The second kappa shape index (κ2) is 10.1. The van der Waals surface area contributed by atoms with Gasteiger partial charge in [0.15, 0.2) is 11.5 Å². The van der Waals surface area contributed by atoms with Gasteiger partial charge >= 0.3 is 0 Å². The lowest BCUT2D eigenvalue weighted by atomic mass is 10.1. The van der Waals surface area contributed by atoms with Crippen molar-refractivity contribution >= 4 is 17.5 Å². The molecular weight excluding hydrogens is 456 g/mol. The van der Waals surface area contributed by atoms with E-state index in [4.69, 9.17) is 30.0 Å². The summed E-state index contributed by atoms with van der Waals surface area (Å²) in [6.45, 7) is 4.31. The molecule has 1 amide bonds. The van der Waals surface area contributed by atoms with Crippen molar-refractivity contribution in [3.05, 3.63) is 88.0 Å². The minimum Gasteiger partial charge on any atom is -0.493 e. The predicted molar refractivity (Wildman–Crippen MR) is 128 cm³/mol. The van der Waals surface area contributed by atoms with Crippen LogP contribution in [0, 0.1) is 13.8 Å². The third kappa shape index (κ3) is 5.10. The van der Waals surface area contributed by atoms with Gasteiger partial charge in [-0.15, -0.1) is 0 Å². The van der Waals surface area contributed by atoms with E-state index in [1.165, 1.54) is 7.11 Å². The van der Waals surface area contributed by atoms with E-state index in [0.29, 0.717) is 52.5 Å². The lowest BCUT2D eigenvalue weighted by Gasteiger charge is -2.17. The highest BCUT2D eigenvalue weighted by Crippen LogP contribution is 2.30. The summed E-state index contributed by atoms with van der Waals surface area (Å²) in [6.07, 6.45) is 0. The highest BCUT2D eigenvalue weighted by atomic mass is 35.5. The number of furan rings is 1. The van der Waals surface area contributed by atoms with Crippen molar-refractivity contribution < 1.29 is 23.2 Å². The molecule has 0 bridgehead atoms. The summed E-state index contributed by atoms with van der Waals surface area (Å²) in [4.78, 5) is 14.6. The molecule has 4 rings (SSSR count). The standard InChI is InChI=1S/C26H25ClN2O5/c1-16-22(17(2)34-28-16)15-32-24-11-7-19(13-25(24)31-4)26(30)29(3)14-21-10-12-23(33-21)18-5-8-20(27)9-6-18/h5-13H,14-15H2,1-4H3. The number of ether oxygens (including phenoxy) is 2. The van der Waals surface area contributed by atoms with Gasteiger partial charge in [-0.2, -0.15) is 0 Å². The topological polar surface area (TPSA) is 77.9 Å². The predicted octanol–water partition coefficient (Wildman–Crippen LogP) is 6.06. The summed E-state index contributed by atoms with van der Waals surface area (Å²) in [7, 11) is 3.26. The van der Waals surface area contributed by atoms with Crippen LogP contribution in [0.2, 0.25) is 5.02 Å². The molecule has 0 aliphatic carbocycles. The van der Waals surface area contributed by atoms with E-state index in [-0.39, 0.29) is 5.91 Å². The largest absolute Gasteiger partial charge is 0.493 e. The van der Waals surface area contributed by atoms with Crippen LogP contribution in [-0.4, -0.2) is 30.1 Å². The fourth-order valence-corrected chi connectivity index (χ4v) is 3.66. The molecule has 0 spiro atoms. The van der Waals surface area contributed by atoms with Crippen LogP contribution in [-0.2, 0) is 13.2 Å². The monoisotopic (exact) mass is 480 g/mol. The Morgan fingerprint density at radius 2 is 1.82 bits per heavy atom. The highest BCUT2D eigenvalue weighted by molar-refractivity contribution is 6.30. The van der Waals surface area contributed by atoms with Gasteiger partial charge in [-0.05, 0) is 68.4 Å². The van der Waals surface area contributed by atoms with Crippen LogP contribution >= 0.6 is 11.6 Å². The molecule has 0 saturated heterocycles. The third-order valence-electron chi connectivity index (χ3n) is 5.49. The van der Waals surface area contributed by atoms with Crippen molar-refractivity contribution in [1.29, 1.82) is 0 Å². The van der Waals surface area contributed by atoms with Crippen molar-refractivity contribution in [3.63, 3.8) is 0 Å². The zero-order valence-corrected chi connectivity index (χ0v) is 20.2. The molecule has 176 valence electrons. The van der Waals surface area contributed by atoms with Crippen LogP contribution in [0.25, 0.3) is 11.3 Å². The summed E-state index contributed by atoms with van der Waals surface area (Å²) < 4.78 is 22.5. The van der Waals surface area contributed by atoms with E-state index in [2.05, 4.69) is 5.16 Å². The van der Waals surface area contributed by atoms with E-state index in [0.717, 1.165) is 16.8 Å². The lowest BCUT2D eigenvalue weighted by molar-refractivity contribution is 0.0775. The molecule has 0 fully saturated rings. The number of carbonyl (C=O) groups is 1. The first-order chi connectivity index (χ1) is 16.4. The summed E-state index contributed by atoms with van der Waals surface area (Å²) in [5.41, 5.74) is 3.07. The van der Waals surface area contributed by atoms with Crippen LogP contribution in [0.15, 0.2) is 63.5 Å². The maximum atomic E-state index is 13.0. The van der Waals surface area contributed by atoms with Gasteiger partial charge < -0.3 is 23.3 Å². The Labute approximate surface area is 202 Å². The highest BCUT2D eigenvalue weighted by Gasteiger charge is 2.18. The molecule has 0 N–H and O–H groups in total. The molecule has 8 heteroatoms.